The normalized spacial score (nSPS) is 18.5. The van der Waals surface area contributed by atoms with Gasteiger partial charge in [-0.3, -0.25) is 0 Å². The van der Waals surface area contributed by atoms with E-state index in [1.165, 1.54) is 31.7 Å². The highest BCUT2D eigenvalue weighted by Crippen LogP contribution is 2.36. The number of rotatable bonds is 4. The fraction of sp³-hybridized carbons (Fsp3) is 0.571. The largest absolute Gasteiger partial charge is 0.310 e. The molecule has 1 N–H and O–H groups in total. The Bertz CT molecular complexity index is 374. The molecule has 0 aromatic heterocycles. The maximum absolute atomic E-state index is 14.0. The standard InChI is InChI=1S/C14H19ClFN/c1-2-17-14(10-5-3-4-6-10)12-8-7-11(15)9-13(12)16/h7-10,14,17H,2-6H2,1H3. The minimum absolute atomic E-state index is 0.139. The van der Waals surface area contributed by atoms with E-state index in [0.29, 0.717) is 10.9 Å². The van der Waals surface area contributed by atoms with E-state index in [1.54, 1.807) is 6.07 Å². The molecule has 2 rings (SSSR count). The van der Waals surface area contributed by atoms with Gasteiger partial charge < -0.3 is 5.32 Å². The summed E-state index contributed by atoms with van der Waals surface area (Å²) in [7, 11) is 0. The highest BCUT2D eigenvalue weighted by Gasteiger charge is 2.27. The van der Waals surface area contributed by atoms with Crippen LogP contribution in [0.3, 0.4) is 0 Å². The SMILES string of the molecule is CCNC(c1ccc(Cl)cc1F)C1CCCC1. The first kappa shape index (κ1) is 12.8. The molecule has 1 aromatic rings. The van der Waals surface area contributed by atoms with Crippen molar-refractivity contribution in [2.24, 2.45) is 5.92 Å². The summed E-state index contributed by atoms with van der Waals surface area (Å²) in [5.74, 6) is 0.376. The van der Waals surface area contributed by atoms with Crippen LogP contribution in [0.1, 0.15) is 44.2 Å². The Balaban J connectivity index is 2.24. The van der Waals surface area contributed by atoms with Gasteiger partial charge in [0.2, 0.25) is 0 Å². The summed E-state index contributed by atoms with van der Waals surface area (Å²) in [5, 5.41) is 3.88. The number of benzene rings is 1. The average Bonchev–Trinajstić information content (AvgIpc) is 2.80. The summed E-state index contributed by atoms with van der Waals surface area (Å²) in [6.07, 6.45) is 4.92. The van der Waals surface area contributed by atoms with Crippen molar-refractivity contribution in [3.05, 3.63) is 34.6 Å². The molecule has 3 heteroatoms. The molecule has 0 spiro atoms. The van der Waals surface area contributed by atoms with E-state index in [9.17, 15) is 4.39 Å². The summed E-state index contributed by atoms with van der Waals surface area (Å²) in [6.45, 7) is 2.93. The fourth-order valence-corrected chi connectivity index (χ4v) is 2.95. The van der Waals surface area contributed by atoms with Gasteiger partial charge in [0, 0.05) is 16.6 Å². The summed E-state index contributed by atoms with van der Waals surface area (Å²) >= 11 is 5.80. The molecule has 1 aliphatic rings. The maximum Gasteiger partial charge on any atom is 0.129 e. The minimum atomic E-state index is -0.185. The van der Waals surface area contributed by atoms with Crippen molar-refractivity contribution in [2.75, 3.05) is 6.54 Å². The Morgan fingerprint density at radius 2 is 2.12 bits per heavy atom. The van der Waals surface area contributed by atoms with Crippen molar-refractivity contribution in [1.82, 2.24) is 5.32 Å². The zero-order valence-corrected chi connectivity index (χ0v) is 10.9. The van der Waals surface area contributed by atoms with Crippen LogP contribution in [0.5, 0.6) is 0 Å². The number of hydrogen-bond acceptors (Lipinski definition) is 1. The van der Waals surface area contributed by atoms with Gasteiger partial charge in [-0.25, -0.2) is 4.39 Å². The third-order valence-corrected chi connectivity index (χ3v) is 3.83. The first-order valence-corrected chi connectivity index (χ1v) is 6.78. The van der Waals surface area contributed by atoms with Gasteiger partial charge in [-0.05, 0) is 37.4 Å². The van der Waals surface area contributed by atoms with Crippen molar-refractivity contribution in [2.45, 2.75) is 38.6 Å². The van der Waals surface area contributed by atoms with Crippen LogP contribution in [0.4, 0.5) is 4.39 Å². The molecule has 1 atom stereocenters. The third-order valence-electron chi connectivity index (χ3n) is 3.59. The maximum atomic E-state index is 14.0. The lowest BCUT2D eigenvalue weighted by molar-refractivity contribution is 0.363. The Morgan fingerprint density at radius 1 is 1.41 bits per heavy atom. The predicted molar refractivity (Wildman–Crippen MR) is 69.8 cm³/mol. The van der Waals surface area contributed by atoms with E-state index in [4.69, 9.17) is 11.6 Å². The fourth-order valence-electron chi connectivity index (χ4n) is 2.79. The van der Waals surface area contributed by atoms with Crippen LogP contribution in [-0.4, -0.2) is 6.54 Å². The molecule has 0 saturated heterocycles. The van der Waals surface area contributed by atoms with Gasteiger partial charge in [0.15, 0.2) is 0 Å². The number of halogens is 2. The molecule has 0 heterocycles. The minimum Gasteiger partial charge on any atom is -0.310 e. The lowest BCUT2D eigenvalue weighted by Gasteiger charge is -2.25. The molecule has 0 amide bonds. The van der Waals surface area contributed by atoms with Gasteiger partial charge in [-0.2, -0.15) is 0 Å². The molecule has 17 heavy (non-hydrogen) atoms. The Kier molecular flexibility index (Phi) is 4.41. The van der Waals surface area contributed by atoms with Crippen molar-refractivity contribution in [3.63, 3.8) is 0 Å². The number of nitrogens with one attached hydrogen (secondary N) is 1. The smallest absolute Gasteiger partial charge is 0.129 e. The summed E-state index contributed by atoms with van der Waals surface area (Å²) in [4.78, 5) is 0. The second-order valence-electron chi connectivity index (χ2n) is 4.75. The topological polar surface area (TPSA) is 12.0 Å². The van der Waals surface area contributed by atoms with E-state index in [0.717, 1.165) is 12.1 Å². The van der Waals surface area contributed by atoms with Gasteiger partial charge in [-0.15, -0.1) is 0 Å². The molecule has 0 aliphatic heterocycles. The summed E-state index contributed by atoms with van der Waals surface area (Å²) in [5.41, 5.74) is 0.767. The summed E-state index contributed by atoms with van der Waals surface area (Å²) in [6, 6.07) is 5.15. The molecule has 1 aromatic carbocycles. The van der Waals surface area contributed by atoms with Crippen LogP contribution < -0.4 is 5.32 Å². The van der Waals surface area contributed by atoms with Crippen LogP contribution in [-0.2, 0) is 0 Å². The monoisotopic (exact) mass is 255 g/mol. The van der Waals surface area contributed by atoms with Crippen LogP contribution in [0.15, 0.2) is 18.2 Å². The molecule has 1 unspecified atom stereocenters. The van der Waals surface area contributed by atoms with Crippen LogP contribution in [0, 0.1) is 11.7 Å². The van der Waals surface area contributed by atoms with E-state index < -0.39 is 0 Å². The molecule has 1 nitrogen and oxygen atoms in total. The van der Waals surface area contributed by atoms with Crippen molar-refractivity contribution in [3.8, 4) is 0 Å². The zero-order chi connectivity index (χ0) is 12.3. The number of hydrogen-bond donors (Lipinski definition) is 1. The van der Waals surface area contributed by atoms with E-state index in [2.05, 4.69) is 12.2 Å². The third kappa shape index (κ3) is 2.99. The Labute approximate surface area is 107 Å². The molecular weight excluding hydrogens is 237 g/mol. The second kappa shape index (κ2) is 5.83. The van der Waals surface area contributed by atoms with E-state index in [1.807, 2.05) is 6.07 Å². The highest BCUT2D eigenvalue weighted by molar-refractivity contribution is 6.30. The lowest BCUT2D eigenvalue weighted by Crippen LogP contribution is -2.27. The Hall–Kier alpha value is -0.600. The van der Waals surface area contributed by atoms with Gasteiger partial charge in [-0.1, -0.05) is 37.4 Å². The first-order valence-electron chi connectivity index (χ1n) is 6.40. The molecule has 94 valence electrons. The lowest BCUT2D eigenvalue weighted by atomic mass is 9.91. The van der Waals surface area contributed by atoms with Crippen molar-refractivity contribution >= 4 is 11.6 Å². The van der Waals surface area contributed by atoms with Gasteiger partial charge in [0.25, 0.3) is 0 Å². The van der Waals surface area contributed by atoms with Gasteiger partial charge in [0.1, 0.15) is 5.82 Å². The quantitative estimate of drug-likeness (QED) is 0.845. The Morgan fingerprint density at radius 3 is 2.71 bits per heavy atom. The molecule has 1 aliphatic carbocycles. The van der Waals surface area contributed by atoms with E-state index >= 15 is 0 Å². The predicted octanol–water partition coefficient (Wildman–Crippen LogP) is 4.32. The zero-order valence-electron chi connectivity index (χ0n) is 10.2. The molecule has 1 saturated carbocycles. The second-order valence-corrected chi connectivity index (χ2v) is 5.18. The van der Waals surface area contributed by atoms with Gasteiger partial charge in [0.05, 0.1) is 0 Å². The van der Waals surface area contributed by atoms with Gasteiger partial charge >= 0.3 is 0 Å². The molecule has 0 bridgehead atoms. The molecule has 0 radical (unpaired) electrons. The molecule has 1 fully saturated rings. The van der Waals surface area contributed by atoms with Crippen LogP contribution in [0.25, 0.3) is 0 Å². The van der Waals surface area contributed by atoms with Crippen molar-refractivity contribution < 1.29 is 4.39 Å². The first-order chi connectivity index (χ1) is 8.22. The van der Waals surface area contributed by atoms with Crippen molar-refractivity contribution in [1.29, 1.82) is 0 Å². The van der Waals surface area contributed by atoms with Crippen LogP contribution >= 0.6 is 11.6 Å². The summed E-state index contributed by atoms with van der Waals surface area (Å²) < 4.78 is 14.0. The van der Waals surface area contributed by atoms with E-state index in [-0.39, 0.29) is 11.9 Å². The highest BCUT2D eigenvalue weighted by atomic mass is 35.5. The average molecular weight is 256 g/mol. The van der Waals surface area contributed by atoms with Crippen LogP contribution in [0.2, 0.25) is 5.02 Å². The molecular formula is C14H19ClFN.